The minimum atomic E-state index is 0.0344. The van der Waals surface area contributed by atoms with Gasteiger partial charge in [-0.2, -0.15) is 0 Å². The van der Waals surface area contributed by atoms with Gasteiger partial charge in [-0.25, -0.2) is 4.98 Å². The van der Waals surface area contributed by atoms with Gasteiger partial charge in [-0.05, 0) is 37.1 Å². The number of para-hydroxylation sites is 1. The molecule has 2 N–H and O–H groups in total. The van der Waals surface area contributed by atoms with Crippen LogP contribution in [0.1, 0.15) is 17.8 Å². The maximum atomic E-state index is 12.7. The summed E-state index contributed by atoms with van der Waals surface area (Å²) in [6.45, 7) is 1.19. The molecule has 0 aliphatic rings. The van der Waals surface area contributed by atoms with Crippen molar-refractivity contribution in [3.8, 4) is 0 Å². The molecule has 23 heavy (non-hydrogen) atoms. The van der Waals surface area contributed by atoms with Gasteiger partial charge in [0.15, 0.2) is 0 Å². The van der Waals surface area contributed by atoms with Crippen molar-refractivity contribution >= 4 is 10.9 Å². The Morgan fingerprint density at radius 1 is 0.957 bits per heavy atom. The number of nitrogens with two attached hydrogens (primary N) is 1. The molecule has 0 saturated heterocycles. The molecule has 2 aromatic carbocycles. The third-order valence-electron chi connectivity index (χ3n) is 4.01. The number of hydrogen-bond acceptors (Lipinski definition) is 3. The molecule has 0 atom stereocenters. The summed E-state index contributed by atoms with van der Waals surface area (Å²) in [7, 11) is 0. The third kappa shape index (κ3) is 3.48. The summed E-state index contributed by atoms with van der Waals surface area (Å²) in [6.07, 6.45) is 2.39. The lowest BCUT2D eigenvalue weighted by Gasteiger charge is -2.13. The van der Waals surface area contributed by atoms with E-state index in [0.717, 1.165) is 30.6 Å². The summed E-state index contributed by atoms with van der Waals surface area (Å²) in [6, 6.07) is 17.8. The van der Waals surface area contributed by atoms with Crippen molar-refractivity contribution in [1.82, 2.24) is 9.55 Å². The number of aryl methyl sites for hydroxylation is 2. The van der Waals surface area contributed by atoms with Gasteiger partial charge in [-0.3, -0.25) is 9.36 Å². The van der Waals surface area contributed by atoms with E-state index in [1.165, 1.54) is 5.56 Å². The maximum absolute atomic E-state index is 12.7. The molecule has 1 aromatic heterocycles. The van der Waals surface area contributed by atoms with Crippen LogP contribution in [-0.2, 0) is 19.4 Å². The van der Waals surface area contributed by atoms with Gasteiger partial charge < -0.3 is 5.73 Å². The summed E-state index contributed by atoms with van der Waals surface area (Å²) in [5.74, 6) is 0.839. The third-order valence-corrected chi connectivity index (χ3v) is 4.01. The van der Waals surface area contributed by atoms with Gasteiger partial charge in [0.25, 0.3) is 5.56 Å². The smallest absolute Gasteiger partial charge is 0.261 e. The first-order valence-corrected chi connectivity index (χ1v) is 8.02. The van der Waals surface area contributed by atoms with Crippen molar-refractivity contribution in [1.29, 1.82) is 0 Å². The Labute approximate surface area is 135 Å². The average Bonchev–Trinajstić information content (AvgIpc) is 2.60. The Morgan fingerprint density at radius 2 is 1.70 bits per heavy atom. The van der Waals surface area contributed by atoms with E-state index in [9.17, 15) is 4.79 Å². The fourth-order valence-electron chi connectivity index (χ4n) is 2.79. The van der Waals surface area contributed by atoms with Crippen LogP contribution in [-0.4, -0.2) is 16.1 Å². The Morgan fingerprint density at radius 3 is 2.48 bits per heavy atom. The average molecular weight is 307 g/mol. The van der Waals surface area contributed by atoms with Crippen molar-refractivity contribution in [3.63, 3.8) is 0 Å². The van der Waals surface area contributed by atoms with E-state index >= 15 is 0 Å². The predicted octanol–water partition coefficient (Wildman–Crippen LogP) is 2.53. The summed E-state index contributed by atoms with van der Waals surface area (Å²) >= 11 is 0. The lowest BCUT2D eigenvalue weighted by atomic mass is 10.1. The van der Waals surface area contributed by atoms with E-state index in [1.54, 1.807) is 4.57 Å². The van der Waals surface area contributed by atoms with Gasteiger partial charge in [0.1, 0.15) is 5.82 Å². The van der Waals surface area contributed by atoms with E-state index in [-0.39, 0.29) is 5.56 Å². The summed E-state index contributed by atoms with van der Waals surface area (Å²) in [5.41, 5.74) is 7.67. The van der Waals surface area contributed by atoms with Crippen molar-refractivity contribution in [2.45, 2.75) is 25.8 Å². The highest BCUT2D eigenvalue weighted by Crippen LogP contribution is 2.11. The quantitative estimate of drug-likeness (QED) is 0.761. The van der Waals surface area contributed by atoms with Crippen LogP contribution >= 0.6 is 0 Å². The number of aromatic nitrogens is 2. The zero-order valence-electron chi connectivity index (χ0n) is 13.1. The van der Waals surface area contributed by atoms with Crippen LogP contribution in [0.3, 0.4) is 0 Å². The van der Waals surface area contributed by atoms with Gasteiger partial charge >= 0.3 is 0 Å². The highest BCUT2D eigenvalue weighted by Gasteiger charge is 2.10. The lowest BCUT2D eigenvalue weighted by Crippen LogP contribution is -2.26. The van der Waals surface area contributed by atoms with Crippen molar-refractivity contribution in [3.05, 3.63) is 76.3 Å². The van der Waals surface area contributed by atoms with Crippen LogP contribution < -0.4 is 11.3 Å². The fourth-order valence-corrected chi connectivity index (χ4v) is 2.79. The second kappa shape index (κ2) is 7.20. The van der Waals surface area contributed by atoms with Crippen LogP contribution in [0.25, 0.3) is 10.9 Å². The molecule has 3 aromatic rings. The molecular formula is C19H21N3O. The Kier molecular flexibility index (Phi) is 4.83. The molecular weight excluding hydrogens is 286 g/mol. The zero-order chi connectivity index (χ0) is 16.1. The minimum absolute atomic E-state index is 0.0344. The summed E-state index contributed by atoms with van der Waals surface area (Å²) in [5, 5.41) is 0.674. The molecule has 4 heteroatoms. The van der Waals surface area contributed by atoms with Crippen LogP contribution in [0.2, 0.25) is 0 Å². The fraction of sp³-hybridized carbons (Fsp3) is 0.263. The van der Waals surface area contributed by atoms with E-state index in [1.807, 2.05) is 42.5 Å². The lowest BCUT2D eigenvalue weighted by molar-refractivity contribution is 0.586. The number of hydrogen-bond donors (Lipinski definition) is 1. The first-order chi connectivity index (χ1) is 11.3. The Balaban J connectivity index is 1.97. The highest BCUT2D eigenvalue weighted by molar-refractivity contribution is 5.77. The normalized spacial score (nSPS) is 11.0. The zero-order valence-corrected chi connectivity index (χ0v) is 13.1. The van der Waals surface area contributed by atoms with Crippen molar-refractivity contribution in [2.75, 3.05) is 6.54 Å². The molecule has 4 nitrogen and oxygen atoms in total. The van der Waals surface area contributed by atoms with E-state index in [4.69, 9.17) is 10.7 Å². The molecule has 0 saturated carbocycles. The Hall–Kier alpha value is -2.46. The molecule has 0 fully saturated rings. The number of benzene rings is 2. The van der Waals surface area contributed by atoms with E-state index in [0.29, 0.717) is 18.5 Å². The first kappa shape index (κ1) is 15.4. The van der Waals surface area contributed by atoms with E-state index < -0.39 is 0 Å². The van der Waals surface area contributed by atoms with E-state index in [2.05, 4.69) is 12.1 Å². The SMILES string of the molecule is NCCCn1c(CCc2ccccc2)nc2ccccc2c1=O. The molecule has 0 spiro atoms. The standard InChI is InChI=1S/C19H21N3O/c20-13-6-14-22-18(12-11-15-7-2-1-3-8-15)21-17-10-5-4-9-16(17)19(22)23/h1-5,7-10H,6,11-14,20H2. The molecule has 0 unspecified atom stereocenters. The highest BCUT2D eigenvalue weighted by atomic mass is 16.1. The number of nitrogens with zero attached hydrogens (tertiary/aromatic N) is 2. The molecule has 3 rings (SSSR count). The molecule has 0 amide bonds. The second-order valence-electron chi connectivity index (χ2n) is 5.63. The summed E-state index contributed by atoms with van der Waals surface area (Å²) < 4.78 is 1.79. The van der Waals surface area contributed by atoms with Crippen molar-refractivity contribution < 1.29 is 0 Å². The molecule has 0 radical (unpaired) electrons. The maximum Gasteiger partial charge on any atom is 0.261 e. The predicted molar refractivity (Wildman–Crippen MR) is 93.5 cm³/mol. The molecule has 0 bridgehead atoms. The van der Waals surface area contributed by atoms with Crippen LogP contribution in [0.5, 0.6) is 0 Å². The topological polar surface area (TPSA) is 60.9 Å². The monoisotopic (exact) mass is 307 g/mol. The van der Waals surface area contributed by atoms with Gasteiger partial charge in [-0.1, -0.05) is 42.5 Å². The number of fused-ring (bicyclic) bond motifs is 1. The molecule has 0 aliphatic heterocycles. The number of rotatable bonds is 6. The van der Waals surface area contributed by atoms with Gasteiger partial charge in [0.05, 0.1) is 10.9 Å². The molecule has 118 valence electrons. The molecule has 1 heterocycles. The van der Waals surface area contributed by atoms with Gasteiger partial charge in [-0.15, -0.1) is 0 Å². The Bertz CT molecular complexity index is 840. The van der Waals surface area contributed by atoms with Crippen LogP contribution in [0.4, 0.5) is 0 Å². The largest absolute Gasteiger partial charge is 0.330 e. The van der Waals surface area contributed by atoms with Crippen LogP contribution in [0.15, 0.2) is 59.4 Å². The second-order valence-corrected chi connectivity index (χ2v) is 5.63. The first-order valence-electron chi connectivity index (χ1n) is 8.02. The summed E-state index contributed by atoms with van der Waals surface area (Å²) in [4.78, 5) is 17.5. The van der Waals surface area contributed by atoms with Crippen LogP contribution in [0, 0.1) is 0 Å². The van der Waals surface area contributed by atoms with Gasteiger partial charge in [0, 0.05) is 13.0 Å². The minimum Gasteiger partial charge on any atom is -0.330 e. The molecule has 0 aliphatic carbocycles. The van der Waals surface area contributed by atoms with Crippen molar-refractivity contribution in [2.24, 2.45) is 5.73 Å². The van der Waals surface area contributed by atoms with Gasteiger partial charge in [0.2, 0.25) is 0 Å².